The van der Waals surface area contributed by atoms with E-state index >= 15 is 0 Å². The Labute approximate surface area is 172 Å². The number of ether oxygens (including phenoxy) is 1. The summed E-state index contributed by atoms with van der Waals surface area (Å²) in [4.78, 5) is 4.01. The van der Waals surface area contributed by atoms with Gasteiger partial charge in [-0.3, -0.25) is 4.90 Å². The van der Waals surface area contributed by atoms with Gasteiger partial charge in [-0.25, -0.2) is 4.68 Å². The fraction of sp³-hybridized carbons (Fsp3) is 0.368. The number of nitrogens with zero attached hydrogens (tertiary/aromatic N) is 3. The molecule has 3 aromatic rings. The highest BCUT2D eigenvalue weighted by Gasteiger charge is 2.27. The number of para-hydroxylation sites is 2. The fourth-order valence-electron chi connectivity index (χ4n) is 3.58. The summed E-state index contributed by atoms with van der Waals surface area (Å²) in [5.41, 5.74) is 2.37. The van der Waals surface area contributed by atoms with Crippen LogP contribution < -0.4 is 10.1 Å². The summed E-state index contributed by atoms with van der Waals surface area (Å²) in [5, 5.41) is 11.0. The molecule has 1 aliphatic rings. The minimum atomic E-state index is 0.439. The zero-order chi connectivity index (χ0) is 18.8. The van der Waals surface area contributed by atoms with Crippen LogP contribution in [0.3, 0.4) is 0 Å². The Morgan fingerprint density at radius 2 is 2.19 bits per heavy atom. The van der Waals surface area contributed by atoms with Gasteiger partial charge in [0.25, 0.3) is 0 Å². The Bertz CT molecular complexity index is 977. The molecule has 0 bridgehead atoms. The minimum absolute atomic E-state index is 0.439. The number of hydrogen-bond acceptors (Lipinski definition) is 7. The first-order valence-corrected chi connectivity index (χ1v) is 11.1. The monoisotopic (exact) mass is 418 g/mol. The third-order valence-electron chi connectivity index (χ3n) is 4.86. The second-order valence-corrected chi connectivity index (χ2v) is 9.05. The molecule has 142 valence electrons. The molecule has 1 aliphatic heterocycles. The van der Waals surface area contributed by atoms with Crippen LogP contribution in [-0.4, -0.2) is 28.3 Å². The van der Waals surface area contributed by atoms with E-state index in [9.17, 15) is 0 Å². The quantitative estimate of drug-likeness (QED) is 0.539. The van der Waals surface area contributed by atoms with Gasteiger partial charge in [0.05, 0.1) is 19.5 Å². The average molecular weight is 419 g/mol. The SMILES string of the molecule is CC[C@@H]1c2ccsc2CCN1Cn1nc(Nc2ccccc2OC)sc1=S. The van der Waals surface area contributed by atoms with Crippen LogP contribution in [0.2, 0.25) is 0 Å². The van der Waals surface area contributed by atoms with Crippen molar-refractivity contribution in [1.29, 1.82) is 0 Å². The van der Waals surface area contributed by atoms with Crippen LogP contribution in [0.5, 0.6) is 5.75 Å². The van der Waals surface area contributed by atoms with Crippen molar-refractivity contribution < 1.29 is 4.74 Å². The topological polar surface area (TPSA) is 42.3 Å². The van der Waals surface area contributed by atoms with Crippen LogP contribution in [0, 0.1) is 3.95 Å². The smallest absolute Gasteiger partial charge is 0.209 e. The minimum Gasteiger partial charge on any atom is -0.495 e. The van der Waals surface area contributed by atoms with Crippen molar-refractivity contribution >= 4 is 45.7 Å². The normalized spacial score (nSPS) is 16.9. The number of fused-ring (bicyclic) bond motifs is 1. The Morgan fingerprint density at radius 3 is 3.00 bits per heavy atom. The van der Waals surface area contributed by atoms with Crippen LogP contribution in [0.1, 0.15) is 29.8 Å². The predicted molar refractivity (Wildman–Crippen MR) is 115 cm³/mol. The van der Waals surface area contributed by atoms with Gasteiger partial charge in [-0.1, -0.05) is 30.4 Å². The molecular weight excluding hydrogens is 396 g/mol. The number of benzene rings is 1. The van der Waals surface area contributed by atoms with Gasteiger partial charge >= 0.3 is 0 Å². The first-order chi connectivity index (χ1) is 13.2. The average Bonchev–Trinajstić information content (AvgIpc) is 3.29. The summed E-state index contributed by atoms with van der Waals surface area (Å²) in [6.45, 7) is 4.01. The molecule has 1 N–H and O–H groups in total. The molecule has 1 aromatic carbocycles. The zero-order valence-electron chi connectivity index (χ0n) is 15.3. The molecule has 0 saturated heterocycles. The Morgan fingerprint density at radius 1 is 1.33 bits per heavy atom. The maximum Gasteiger partial charge on any atom is 0.209 e. The van der Waals surface area contributed by atoms with Gasteiger partial charge < -0.3 is 10.1 Å². The van der Waals surface area contributed by atoms with Crippen molar-refractivity contribution in [1.82, 2.24) is 14.7 Å². The third kappa shape index (κ3) is 3.80. The number of aromatic nitrogens is 2. The highest BCUT2D eigenvalue weighted by Crippen LogP contribution is 2.36. The van der Waals surface area contributed by atoms with Crippen molar-refractivity contribution in [3.05, 3.63) is 50.1 Å². The van der Waals surface area contributed by atoms with Crippen molar-refractivity contribution in [3.8, 4) is 5.75 Å². The second kappa shape index (κ2) is 8.10. The standard InChI is InChI=1S/C19H22N4OS3/c1-3-15-13-9-11-26-17(13)8-10-22(15)12-23-19(25)27-18(21-23)20-14-6-4-5-7-16(14)24-2/h4-7,9,11,15H,3,8,10,12H2,1-2H3,(H,20,21)/t15-/m1/s1. The molecule has 0 radical (unpaired) electrons. The van der Waals surface area contributed by atoms with Gasteiger partial charge in [0.15, 0.2) is 3.95 Å². The van der Waals surface area contributed by atoms with Gasteiger partial charge in [0.2, 0.25) is 5.13 Å². The largest absolute Gasteiger partial charge is 0.495 e. The maximum absolute atomic E-state index is 5.58. The van der Waals surface area contributed by atoms with Crippen molar-refractivity contribution in [2.75, 3.05) is 19.0 Å². The highest BCUT2D eigenvalue weighted by atomic mass is 32.1. The van der Waals surface area contributed by atoms with Gasteiger partial charge in [-0.2, -0.15) is 0 Å². The van der Waals surface area contributed by atoms with Crippen molar-refractivity contribution in [3.63, 3.8) is 0 Å². The predicted octanol–water partition coefficient (Wildman–Crippen LogP) is 5.45. The van der Waals surface area contributed by atoms with Crippen LogP contribution in [0.4, 0.5) is 10.8 Å². The molecule has 0 amide bonds. The summed E-state index contributed by atoms with van der Waals surface area (Å²) in [7, 11) is 1.67. The van der Waals surface area contributed by atoms with E-state index in [0.29, 0.717) is 6.04 Å². The molecule has 5 nitrogen and oxygen atoms in total. The lowest BCUT2D eigenvalue weighted by molar-refractivity contribution is 0.130. The van der Waals surface area contributed by atoms with E-state index < -0.39 is 0 Å². The molecule has 0 aliphatic carbocycles. The number of methoxy groups -OCH3 is 1. The summed E-state index contributed by atoms with van der Waals surface area (Å²) < 4.78 is 8.11. The highest BCUT2D eigenvalue weighted by molar-refractivity contribution is 7.73. The van der Waals surface area contributed by atoms with E-state index in [2.05, 4.69) is 28.6 Å². The van der Waals surface area contributed by atoms with Gasteiger partial charge in [-0.15, -0.1) is 16.4 Å². The lowest BCUT2D eigenvalue weighted by Crippen LogP contribution is -2.36. The Balaban J connectivity index is 1.53. The van der Waals surface area contributed by atoms with Crippen molar-refractivity contribution in [2.24, 2.45) is 0 Å². The molecule has 0 fully saturated rings. The number of nitrogens with one attached hydrogen (secondary N) is 1. The summed E-state index contributed by atoms with van der Waals surface area (Å²) in [5.74, 6) is 0.789. The molecule has 0 unspecified atom stereocenters. The first kappa shape index (κ1) is 18.6. The lowest BCUT2D eigenvalue weighted by atomic mass is 9.98. The maximum atomic E-state index is 5.58. The Hall–Kier alpha value is -1.74. The molecule has 3 heterocycles. The van der Waals surface area contributed by atoms with Crippen LogP contribution >= 0.6 is 34.9 Å². The van der Waals surface area contributed by atoms with Crippen LogP contribution in [0.15, 0.2) is 35.7 Å². The molecule has 1 atom stereocenters. The third-order valence-corrected chi connectivity index (χ3v) is 7.08. The number of thiophene rings is 1. The van der Waals surface area contributed by atoms with E-state index in [4.69, 9.17) is 22.1 Å². The summed E-state index contributed by atoms with van der Waals surface area (Å²) in [6.07, 6.45) is 2.20. The van der Waals surface area contributed by atoms with Crippen LogP contribution in [0.25, 0.3) is 0 Å². The van der Waals surface area contributed by atoms with Gasteiger partial charge in [0, 0.05) is 17.5 Å². The van der Waals surface area contributed by atoms with E-state index in [-0.39, 0.29) is 0 Å². The number of rotatable bonds is 6. The van der Waals surface area contributed by atoms with Crippen LogP contribution in [-0.2, 0) is 13.1 Å². The van der Waals surface area contributed by atoms with E-state index in [1.807, 2.05) is 40.3 Å². The lowest BCUT2D eigenvalue weighted by Gasteiger charge is -2.35. The molecule has 2 aromatic heterocycles. The van der Waals surface area contributed by atoms with Gasteiger partial charge in [-0.05, 0) is 54.2 Å². The second-order valence-electron chi connectivity index (χ2n) is 6.42. The summed E-state index contributed by atoms with van der Waals surface area (Å²) in [6, 6.07) is 10.5. The zero-order valence-corrected chi connectivity index (χ0v) is 17.8. The number of anilines is 2. The molecule has 0 spiro atoms. The molecule has 8 heteroatoms. The molecular formula is C19H22N4OS3. The fourth-order valence-corrected chi connectivity index (χ4v) is 5.51. The number of hydrogen-bond donors (Lipinski definition) is 1. The molecule has 4 rings (SSSR count). The van der Waals surface area contributed by atoms with E-state index in [1.165, 1.54) is 21.8 Å². The first-order valence-electron chi connectivity index (χ1n) is 8.98. The van der Waals surface area contributed by atoms with Gasteiger partial charge in [0.1, 0.15) is 5.75 Å². The van der Waals surface area contributed by atoms with E-state index in [0.717, 1.165) is 46.6 Å². The summed E-state index contributed by atoms with van der Waals surface area (Å²) >= 11 is 8.94. The van der Waals surface area contributed by atoms with Crippen molar-refractivity contribution in [2.45, 2.75) is 32.5 Å². The van der Waals surface area contributed by atoms with E-state index in [1.54, 1.807) is 7.11 Å². The Kier molecular flexibility index (Phi) is 5.58. The molecule has 27 heavy (non-hydrogen) atoms. The molecule has 0 saturated carbocycles.